The molecule has 18 heavy (non-hydrogen) atoms. The number of rotatable bonds is 6. The number of hydrogen-bond acceptors (Lipinski definition) is 3. The van der Waals surface area contributed by atoms with E-state index < -0.39 is 0 Å². The van der Waals surface area contributed by atoms with Gasteiger partial charge in [0.25, 0.3) is 0 Å². The minimum atomic E-state index is -0.248. The van der Waals surface area contributed by atoms with E-state index in [9.17, 15) is 4.39 Å². The van der Waals surface area contributed by atoms with E-state index in [4.69, 9.17) is 4.74 Å². The summed E-state index contributed by atoms with van der Waals surface area (Å²) in [5.41, 5.74) is 0. The van der Waals surface area contributed by atoms with Gasteiger partial charge in [0.15, 0.2) is 5.16 Å². The van der Waals surface area contributed by atoms with Crippen LogP contribution in [0.15, 0.2) is 41.8 Å². The highest BCUT2D eigenvalue weighted by Gasteiger charge is 2.01. The maximum atomic E-state index is 12.7. The SMILES string of the molecule is CCn1ccnc1SCCOc1ccc(F)cc1. The van der Waals surface area contributed by atoms with Crippen molar-refractivity contribution in [3.8, 4) is 5.75 Å². The lowest BCUT2D eigenvalue weighted by Crippen LogP contribution is -2.02. The van der Waals surface area contributed by atoms with Crippen LogP contribution in [0.25, 0.3) is 0 Å². The molecular formula is C13H15FN2OS. The van der Waals surface area contributed by atoms with Crippen LogP contribution in [0.1, 0.15) is 6.92 Å². The van der Waals surface area contributed by atoms with Crippen molar-refractivity contribution in [2.45, 2.75) is 18.6 Å². The van der Waals surface area contributed by atoms with E-state index in [1.165, 1.54) is 12.1 Å². The number of thioether (sulfide) groups is 1. The van der Waals surface area contributed by atoms with Crippen LogP contribution in [0.5, 0.6) is 5.75 Å². The van der Waals surface area contributed by atoms with Gasteiger partial charge in [0.05, 0.1) is 6.61 Å². The van der Waals surface area contributed by atoms with E-state index in [2.05, 4.69) is 16.5 Å². The van der Waals surface area contributed by atoms with E-state index in [0.717, 1.165) is 17.5 Å². The summed E-state index contributed by atoms with van der Waals surface area (Å²) in [7, 11) is 0. The van der Waals surface area contributed by atoms with Gasteiger partial charge in [0.1, 0.15) is 11.6 Å². The minimum Gasteiger partial charge on any atom is -0.493 e. The monoisotopic (exact) mass is 266 g/mol. The normalized spacial score (nSPS) is 10.6. The van der Waals surface area contributed by atoms with Crippen molar-refractivity contribution >= 4 is 11.8 Å². The molecule has 1 heterocycles. The smallest absolute Gasteiger partial charge is 0.168 e. The molecule has 1 aromatic carbocycles. The Hall–Kier alpha value is -1.49. The predicted molar refractivity (Wildman–Crippen MR) is 70.5 cm³/mol. The lowest BCUT2D eigenvalue weighted by atomic mass is 10.3. The maximum absolute atomic E-state index is 12.7. The molecule has 0 aliphatic rings. The molecule has 0 unspecified atom stereocenters. The highest BCUT2D eigenvalue weighted by atomic mass is 32.2. The Balaban J connectivity index is 1.74. The summed E-state index contributed by atoms with van der Waals surface area (Å²) in [6.07, 6.45) is 3.76. The highest BCUT2D eigenvalue weighted by Crippen LogP contribution is 2.16. The van der Waals surface area contributed by atoms with Gasteiger partial charge in [-0.25, -0.2) is 9.37 Å². The van der Waals surface area contributed by atoms with E-state index in [1.807, 2.05) is 6.20 Å². The van der Waals surface area contributed by atoms with Crippen LogP contribution in [0.3, 0.4) is 0 Å². The molecule has 96 valence electrons. The topological polar surface area (TPSA) is 27.1 Å². The lowest BCUT2D eigenvalue weighted by Gasteiger charge is -2.06. The standard InChI is InChI=1S/C13H15FN2OS/c1-2-16-8-7-15-13(16)18-10-9-17-12-5-3-11(14)4-6-12/h3-8H,2,9-10H2,1H3. The fourth-order valence-corrected chi connectivity index (χ4v) is 2.34. The van der Waals surface area contributed by atoms with Crippen LogP contribution >= 0.6 is 11.8 Å². The molecule has 5 heteroatoms. The molecule has 0 fully saturated rings. The maximum Gasteiger partial charge on any atom is 0.168 e. The number of nitrogens with zero attached hydrogens (tertiary/aromatic N) is 2. The van der Waals surface area contributed by atoms with Crippen molar-refractivity contribution in [3.63, 3.8) is 0 Å². The molecule has 3 nitrogen and oxygen atoms in total. The first-order valence-electron chi connectivity index (χ1n) is 5.82. The molecule has 0 aliphatic carbocycles. The Kier molecular flexibility index (Phi) is 4.64. The zero-order valence-corrected chi connectivity index (χ0v) is 11.0. The van der Waals surface area contributed by atoms with Crippen LogP contribution in [0, 0.1) is 5.82 Å². The quantitative estimate of drug-likeness (QED) is 0.593. The molecule has 0 spiro atoms. The molecule has 2 aromatic rings. The minimum absolute atomic E-state index is 0.248. The van der Waals surface area contributed by atoms with Crippen molar-refractivity contribution < 1.29 is 9.13 Å². The third-order valence-corrected chi connectivity index (χ3v) is 3.38. The molecule has 0 aliphatic heterocycles. The molecular weight excluding hydrogens is 251 g/mol. The van der Waals surface area contributed by atoms with E-state index >= 15 is 0 Å². The summed E-state index contributed by atoms with van der Waals surface area (Å²) in [6.45, 7) is 3.58. The molecule has 0 amide bonds. The average Bonchev–Trinajstić information content (AvgIpc) is 2.84. The second-order valence-corrected chi connectivity index (χ2v) is 4.71. The number of aryl methyl sites for hydroxylation is 1. The molecule has 0 saturated carbocycles. The number of imidazole rings is 1. The van der Waals surface area contributed by atoms with Crippen molar-refractivity contribution in [1.29, 1.82) is 0 Å². The van der Waals surface area contributed by atoms with E-state index in [0.29, 0.717) is 12.4 Å². The summed E-state index contributed by atoms with van der Waals surface area (Å²) in [6, 6.07) is 6.05. The van der Waals surface area contributed by atoms with Gasteiger partial charge in [0, 0.05) is 24.7 Å². The van der Waals surface area contributed by atoms with Crippen LogP contribution in [0.2, 0.25) is 0 Å². The molecule has 0 radical (unpaired) electrons. The zero-order valence-electron chi connectivity index (χ0n) is 10.2. The summed E-state index contributed by atoms with van der Waals surface area (Å²) in [4.78, 5) is 4.26. The van der Waals surface area contributed by atoms with Gasteiger partial charge in [0.2, 0.25) is 0 Å². The number of benzene rings is 1. The van der Waals surface area contributed by atoms with Crippen LogP contribution in [-0.2, 0) is 6.54 Å². The Labute approximate surface area is 110 Å². The number of aromatic nitrogens is 2. The first kappa shape index (κ1) is 13.0. The fourth-order valence-electron chi connectivity index (χ4n) is 1.50. The summed E-state index contributed by atoms with van der Waals surface area (Å²) in [5, 5.41) is 1.00. The highest BCUT2D eigenvalue weighted by molar-refractivity contribution is 7.99. The summed E-state index contributed by atoms with van der Waals surface area (Å²) in [5.74, 6) is 1.26. The first-order chi connectivity index (χ1) is 8.79. The summed E-state index contributed by atoms with van der Waals surface area (Å²) >= 11 is 1.65. The predicted octanol–water partition coefficient (Wildman–Crippen LogP) is 3.21. The van der Waals surface area contributed by atoms with Gasteiger partial charge in [-0.2, -0.15) is 0 Å². The average molecular weight is 266 g/mol. The lowest BCUT2D eigenvalue weighted by molar-refractivity contribution is 0.343. The molecule has 0 saturated heterocycles. The van der Waals surface area contributed by atoms with Gasteiger partial charge in [-0.15, -0.1) is 0 Å². The third kappa shape index (κ3) is 3.50. The van der Waals surface area contributed by atoms with Crippen molar-refractivity contribution in [2.75, 3.05) is 12.4 Å². The molecule has 0 N–H and O–H groups in total. The molecule has 0 atom stereocenters. The van der Waals surface area contributed by atoms with Crippen LogP contribution < -0.4 is 4.74 Å². The molecule has 2 rings (SSSR count). The number of hydrogen-bond donors (Lipinski definition) is 0. The second kappa shape index (κ2) is 6.44. The Morgan fingerprint density at radius 1 is 1.33 bits per heavy atom. The van der Waals surface area contributed by atoms with Crippen molar-refractivity contribution in [3.05, 3.63) is 42.5 Å². The Morgan fingerprint density at radius 3 is 2.83 bits per heavy atom. The van der Waals surface area contributed by atoms with Gasteiger partial charge >= 0.3 is 0 Å². The fraction of sp³-hybridized carbons (Fsp3) is 0.308. The van der Waals surface area contributed by atoms with Gasteiger partial charge in [-0.3, -0.25) is 0 Å². The van der Waals surface area contributed by atoms with Crippen molar-refractivity contribution in [2.24, 2.45) is 0 Å². The summed E-state index contributed by atoms with van der Waals surface area (Å²) < 4.78 is 20.3. The van der Waals surface area contributed by atoms with Crippen molar-refractivity contribution in [1.82, 2.24) is 9.55 Å². The third-order valence-electron chi connectivity index (χ3n) is 2.41. The second-order valence-electron chi connectivity index (χ2n) is 3.65. The zero-order chi connectivity index (χ0) is 12.8. The van der Waals surface area contributed by atoms with Gasteiger partial charge in [-0.1, -0.05) is 11.8 Å². The Bertz CT molecular complexity index is 484. The first-order valence-corrected chi connectivity index (χ1v) is 6.80. The number of ether oxygens (including phenoxy) is 1. The van der Waals surface area contributed by atoms with Crippen LogP contribution in [0.4, 0.5) is 4.39 Å². The van der Waals surface area contributed by atoms with Crippen LogP contribution in [-0.4, -0.2) is 21.9 Å². The van der Waals surface area contributed by atoms with E-state index in [-0.39, 0.29) is 5.82 Å². The van der Waals surface area contributed by atoms with Gasteiger partial charge in [-0.05, 0) is 31.2 Å². The number of halogens is 1. The molecule has 1 aromatic heterocycles. The molecule has 0 bridgehead atoms. The van der Waals surface area contributed by atoms with Gasteiger partial charge < -0.3 is 9.30 Å². The Morgan fingerprint density at radius 2 is 2.11 bits per heavy atom. The van der Waals surface area contributed by atoms with E-state index in [1.54, 1.807) is 30.1 Å². The largest absolute Gasteiger partial charge is 0.493 e.